The molecule has 182 valence electrons. The van der Waals surface area contributed by atoms with E-state index in [4.69, 9.17) is 5.10 Å². The zero-order valence-electron chi connectivity index (χ0n) is 19.9. The quantitative estimate of drug-likeness (QED) is 0.357. The Bertz CT molecular complexity index is 1590. The highest BCUT2D eigenvalue weighted by atomic mass is 19.1. The predicted octanol–water partition coefficient (Wildman–Crippen LogP) is 5.22. The molecule has 0 spiro atoms. The van der Waals surface area contributed by atoms with Gasteiger partial charge in [-0.2, -0.15) is 5.10 Å². The second-order valence-corrected chi connectivity index (χ2v) is 8.80. The standard InChI is InChI=1S/C27H24FN5O3/c1-14-8-4-7-11-21(14)33-25(31-20-10-6-5-9-17(20)27(35)36)22(16(3)32-33)18-12-19-24(23(28)15(18)2)29-13-30-26(19)34/h4-13,15,23,31H,1-3H3,(H,35,36)(H,29,30,34). The molecule has 8 nitrogen and oxygen atoms in total. The lowest BCUT2D eigenvalue weighted by Crippen LogP contribution is -2.22. The highest BCUT2D eigenvalue weighted by molar-refractivity contribution is 5.97. The van der Waals surface area contributed by atoms with Gasteiger partial charge in [-0.25, -0.2) is 18.9 Å². The monoisotopic (exact) mass is 485 g/mol. The van der Waals surface area contributed by atoms with Gasteiger partial charge in [0.2, 0.25) is 0 Å². The fourth-order valence-electron chi connectivity index (χ4n) is 4.63. The van der Waals surface area contributed by atoms with Crippen molar-refractivity contribution in [1.29, 1.82) is 0 Å². The molecule has 2 unspecified atom stereocenters. The van der Waals surface area contributed by atoms with Crippen molar-refractivity contribution in [3.63, 3.8) is 0 Å². The number of halogens is 1. The molecule has 0 bridgehead atoms. The van der Waals surface area contributed by atoms with Crippen LogP contribution in [0.5, 0.6) is 0 Å². The molecule has 2 aromatic carbocycles. The number of alkyl halides is 1. The number of aromatic amines is 1. The Morgan fingerprint density at radius 2 is 1.86 bits per heavy atom. The first-order chi connectivity index (χ1) is 17.3. The number of para-hydroxylation sites is 2. The number of carboxylic acids is 1. The van der Waals surface area contributed by atoms with Crippen LogP contribution in [0.3, 0.4) is 0 Å². The molecule has 0 amide bonds. The molecular weight excluding hydrogens is 461 g/mol. The summed E-state index contributed by atoms with van der Waals surface area (Å²) in [5.74, 6) is -1.24. The summed E-state index contributed by atoms with van der Waals surface area (Å²) >= 11 is 0. The Labute approximate surface area is 206 Å². The first-order valence-electron chi connectivity index (χ1n) is 11.5. The molecule has 2 heterocycles. The molecule has 0 saturated carbocycles. The summed E-state index contributed by atoms with van der Waals surface area (Å²) in [6, 6.07) is 14.2. The largest absolute Gasteiger partial charge is 0.478 e. The van der Waals surface area contributed by atoms with Crippen molar-refractivity contribution >= 4 is 29.1 Å². The Balaban J connectivity index is 1.79. The van der Waals surface area contributed by atoms with Crippen LogP contribution in [0.25, 0.3) is 17.3 Å². The number of fused-ring (bicyclic) bond motifs is 1. The fourth-order valence-corrected chi connectivity index (χ4v) is 4.63. The Kier molecular flexibility index (Phi) is 5.75. The Morgan fingerprint density at radius 3 is 2.61 bits per heavy atom. The number of hydrogen-bond donors (Lipinski definition) is 3. The molecule has 3 N–H and O–H groups in total. The van der Waals surface area contributed by atoms with Crippen LogP contribution in [-0.2, 0) is 0 Å². The highest BCUT2D eigenvalue weighted by Crippen LogP contribution is 2.45. The van der Waals surface area contributed by atoms with Gasteiger partial charge in [0.05, 0.1) is 40.2 Å². The molecule has 5 rings (SSSR count). The van der Waals surface area contributed by atoms with Crippen LogP contribution in [0.4, 0.5) is 15.9 Å². The molecule has 2 aromatic heterocycles. The molecule has 1 aliphatic rings. The van der Waals surface area contributed by atoms with Gasteiger partial charge in [-0.15, -0.1) is 0 Å². The number of aryl methyl sites for hydroxylation is 2. The van der Waals surface area contributed by atoms with E-state index >= 15 is 4.39 Å². The summed E-state index contributed by atoms with van der Waals surface area (Å²) in [4.78, 5) is 31.0. The molecule has 0 fully saturated rings. The lowest BCUT2D eigenvalue weighted by atomic mass is 9.82. The van der Waals surface area contributed by atoms with Crippen LogP contribution in [0, 0.1) is 19.8 Å². The minimum atomic E-state index is -1.50. The van der Waals surface area contributed by atoms with Crippen molar-refractivity contribution in [3.05, 3.63) is 98.9 Å². The topological polar surface area (TPSA) is 113 Å². The van der Waals surface area contributed by atoms with Crippen LogP contribution < -0.4 is 10.9 Å². The van der Waals surface area contributed by atoms with Gasteiger partial charge in [0.25, 0.3) is 5.56 Å². The maximum Gasteiger partial charge on any atom is 0.337 e. The maximum atomic E-state index is 15.6. The zero-order valence-corrected chi connectivity index (χ0v) is 19.9. The lowest BCUT2D eigenvalue weighted by Gasteiger charge is -2.26. The number of aromatic carboxylic acids is 1. The fraction of sp³-hybridized carbons (Fsp3) is 0.185. The summed E-state index contributed by atoms with van der Waals surface area (Å²) in [5.41, 5.74) is 3.78. The van der Waals surface area contributed by atoms with E-state index in [2.05, 4.69) is 15.3 Å². The summed E-state index contributed by atoms with van der Waals surface area (Å²) < 4.78 is 17.3. The highest BCUT2D eigenvalue weighted by Gasteiger charge is 2.35. The number of nitrogens with one attached hydrogen (secondary N) is 2. The molecule has 9 heteroatoms. The summed E-state index contributed by atoms with van der Waals surface area (Å²) in [5, 5.41) is 17.8. The Hall–Kier alpha value is -4.53. The van der Waals surface area contributed by atoms with Gasteiger partial charge in [0.1, 0.15) is 12.0 Å². The van der Waals surface area contributed by atoms with E-state index in [0.717, 1.165) is 11.3 Å². The number of anilines is 2. The van der Waals surface area contributed by atoms with E-state index in [1.54, 1.807) is 35.9 Å². The number of carbonyl (C=O) groups is 1. The van der Waals surface area contributed by atoms with Gasteiger partial charge >= 0.3 is 5.97 Å². The second-order valence-electron chi connectivity index (χ2n) is 8.80. The normalized spacial score (nSPS) is 16.8. The Morgan fingerprint density at radius 1 is 1.14 bits per heavy atom. The number of nitrogens with zero attached hydrogens (tertiary/aromatic N) is 3. The van der Waals surface area contributed by atoms with Crippen molar-refractivity contribution in [2.75, 3.05) is 5.32 Å². The van der Waals surface area contributed by atoms with Gasteiger partial charge in [-0.05, 0) is 49.3 Å². The molecule has 2 atom stereocenters. The smallest absolute Gasteiger partial charge is 0.337 e. The lowest BCUT2D eigenvalue weighted by molar-refractivity contribution is 0.0698. The molecule has 36 heavy (non-hydrogen) atoms. The number of hydrogen-bond acceptors (Lipinski definition) is 5. The summed E-state index contributed by atoms with van der Waals surface area (Å²) in [6.07, 6.45) is 1.36. The van der Waals surface area contributed by atoms with E-state index in [-0.39, 0.29) is 16.8 Å². The first kappa shape index (κ1) is 23.2. The van der Waals surface area contributed by atoms with Gasteiger partial charge in [-0.3, -0.25) is 4.79 Å². The van der Waals surface area contributed by atoms with Crippen LogP contribution >= 0.6 is 0 Å². The number of aromatic nitrogens is 4. The van der Waals surface area contributed by atoms with Crippen LogP contribution in [-0.4, -0.2) is 30.8 Å². The van der Waals surface area contributed by atoms with E-state index in [9.17, 15) is 14.7 Å². The van der Waals surface area contributed by atoms with Crippen LogP contribution in [0.1, 0.15) is 51.5 Å². The molecule has 0 radical (unpaired) electrons. The summed E-state index contributed by atoms with van der Waals surface area (Å²) in [6.45, 7) is 5.49. The molecule has 0 aliphatic heterocycles. The van der Waals surface area contributed by atoms with Crippen molar-refractivity contribution in [2.24, 2.45) is 5.92 Å². The van der Waals surface area contributed by atoms with Crippen LogP contribution in [0.15, 0.2) is 59.7 Å². The third kappa shape index (κ3) is 3.78. The van der Waals surface area contributed by atoms with Gasteiger partial charge < -0.3 is 15.4 Å². The van der Waals surface area contributed by atoms with E-state index in [0.29, 0.717) is 28.3 Å². The van der Waals surface area contributed by atoms with Gasteiger partial charge in [0.15, 0.2) is 0 Å². The predicted molar refractivity (Wildman–Crippen MR) is 135 cm³/mol. The van der Waals surface area contributed by atoms with E-state index < -0.39 is 23.6 Å². The minimum Gasteiger partial charge on any atom is -0.478 e. The third-order valence-corrected chi connectivity index (χ3v) is 6.51. The number of H-pyrrole nitrogens is 1. The van der Waals surface area contributed by atoms with Crippen LogP contribution in [0.2, 0.25) is 0 Å². The molecular formula is C27H24FN5O3. The van der Waals surface area contributed by atoms with Gasteiger partial charge in [0, 0.05) is 11.5 Å². The number of carboxylic acid groups (broad SMARTS) is 1. The second kappa shape index (κ2) is 8.92. The summed E-state index contributed by atoms with van der Waals surface area (Å²) in [7, 11) is 0. The van der Waals surface area contributed by atoms with Crippen molar-refractivity contribution in [3.8, 4) is 5.69 Å². The number of benzene rings is 2. The van der Waals surface area contributed by atoms with E-state index in [1.807, 2.05) is 38.1 Å². The van der Waals surface area contributed by atoms with E-state index in [1.165, 1.54) is 12.4 Å². The molecule has 1 aliphatic carbocycles. The minimum absolute atomic E-state index is 0.0821. The van der Waals surface area contributed by atoms with Crippen molar-refractivity contribution in [1.82, 2.24) is 19.7 Å². The number of allylic oxidation sites excluding steroid dienone is 1. The number of rotatable bonds is 5. The third-order valence-electron chi connectivity index (χ3n) is 6.51. The average molecular weight is 486 g/mol. The average Bonchev–Trinajstić information content (AvgIpc) is 3.17. The molecule has 4 aromatic rings. The maximum absolute atomic E-state index is 15.6. The van der Waals surface area contributed by atoms with Crippen molar-refractivity contribution < 1.29 is 14.3 Å². The molecule has 0 saturated heterocycles. The first-order valence-corrected chi connectivity index (χ1v) is 11.5. The van der Waals surface area contributed by atoms with Crippen molar-refractivity contribution in [2.45, 2.75) is 26.9 Å². The van der Waals surface area contributed by atoms with Gasteiger partial charge in [-0.1, -0.05) is 37.3 Å². The zero-order chi connectivity index (χ0) is 25.6. The SMILES string of the molecule is Cc1ccccc1-n1nc(C)c(C2=Cc3c(nc[nH]c3=O)C(F)C2C)c1Nc1ccccc1C(=O)O.